The molecule has 0 aliphatic carbocycles. The molecule has 0 saturated heterocycles. The molecule has 0 amide bonds. The molecule has 0 unspecified atom stereocenters. The van der Waals surface area contributed by atoms with Crippen molar-refractivity contribution >= 4 is 11.9 Å². The Morgan fingerprint density at radius 1 is 0.467 bits per heavy atom. The zero-order valence-corrected chi connectivity index (χ0v) is 31.0. The highest BCUT2D eigenvalue weighted by Crippen LogP contribution is 2.64. The first-order valence-corrected chi connectivity index (χ1v) is 17.7. The van der Waals surface area contributed by atoms with Gasteiger partial charge < -0.3 is 18.9 Å². The Morgan fingerprint density at radius 3 is 1.28 bits per heavy atom. The Balaban J connectivity index is 1.84. The molecule has 0 saturated carbocycles. The van der Waals surface area contributed by atoms with Crippen LogP contribution < -0.4 is 14.2 Å². The molecule has 0 N–H and O–H groups in total. The lowest BCUT2D eigenvalue weighted by Crippen LogP contribution is -2.74. The van der Waals surface area contributed by atoms with Gasteiger partial charge in [0.2, 0.25) is 0 Å². The minimum Gasteiger partial charge on any atom is -0.494 e. The molecule has 0 aliphatic rings. The van der Waals surface area contributed by atoms with Crippen LogP contribution in [0.25, 0.3) is 0 Å². The van der Waals surface area contributed by atoms with Gasteiger partial charge in [-0.2, -0.15) is 74.6 Å². The average molecular weight is 901 g/mol. The topological polar surface area (TPSA) is 71.1 Å². The summed E-state index contributed by atoms with van der Waals surface area (Å²) < 4.78 is 249. The fourth-order valence-electron chi connectivity index (χ4n) is 4.97. The van der Waals surface area contributed by atoms with E-state index in [0.717, 1.165) is 88.1 Å². The molecule has 0 radical (unpaired) electrons. The van der Waals surface area contributed by atoms with Crippen LogP contribution in [0.3, 0.4) is 0 Å². The number of hydrogen-bond acceptors (Lipinski definition) is 6. The van der Waals surface area contributed by atoms with E-state index in [1.54, 1.807) is 0 Å². The zero-order valence-electron chi connectivity index (χ0n) is 31.0. The molecule has 60 heavy (non-hydrogen) atoms. The van der Waals surface area contributed by atoms with E-state index in [1.807, 2.05) is 0 Å². The minimum atomic E-state index is -8.70. The van der Waals surface area contributed by atoms with Crippen molar-refractivity contribution in [2.24, 2.45) is 0 Å². The summed E-state index contributed by atoms with van der Waals surface area (Å²) in [6, 6.07) is 9.23. The smallest absolute Gasteiger partial charge is 0.460 e. The fraction of sp³-hybridized carbons (Fsp3) is 0.568. The first-order valence-electron chi connectivity index (χ1n) is 17.7. The van der Waals surface area contributed by atoms with Gasteiger partial charge in [-0.05, 0) is 61.4 Å². The average Bonchev–Trinajstić information content (AvgIpc) is 3.16. The third-order valence-corrected chi connectivity index (χ3v) is 8.56. The molecule has 0 heterocycles. The van der Waals surface area contributed by atoms with Crippen molar-refractivity contribution in [3.05, 3.63) is 66.7 Å². The van der Waals surface area contributed by atoms with Gasteiger partial charge in [0.05, 0.1) is 31.8 Å². The minimum absolute atomic E-state index is 0.0292. The molecule has 0 aromatic heterocycles. The van der Waals surface area contributed by atoms with E-state index in [-0.39, 0.29) is 11.3 Å². The largest absolute Gasteiger partial charge is 0.494 e. The maximum Gasteiger partial charge on any atom is 0.460 e. The van der Waals surface area contributed by atoms with Crippen LogP contribution in [0.5, 0.6) is 17.2 Å². The van der Waals surface area contributed by atoms with Crippen LogP contribution in [0.15, 0.2) is 61.2 Å². The van der Waals surface area contributed by atoms with Gasteiger partial charge in [-0.1, -0.05) is 51.5 Å². The Hall–Kier alpha value is -4.47. The van der Waals surface area contributed by atoms with Gasteiger partial charge >= 0.3 is 59.6 Å². The molecule has 0 fully saturated rings. The van der Waals surface area contributed by atoms with Gasteiger partial charge in [0.25, 0.3) is 0 Å². The van der Waals surface area contributed by atoms with Crippen molar-refractivity contribution in [3.8, 4) is 17.2 Å². The molecule has 2 aromatic carbocycles. The lowest BCUT2D eigenvalue weighted by atomic mass is 9.88. The Kier molecular flexibility index (Phi) is 17.6. The summed E-state index contributed by atoms with van der Waals surface area (Å²) in [7, 11) is 0. The summed E-state index contributed by atoms with van der Waals surface area (Å²) in [5.41, 5.74) is 0.0292. The maximum absolute atomic E-state index is 14.1. The molecule has 6 nitrogen and oxygen atoms in total. The lowest BCUT2D eigenvalue weighted by molar-refractivity contribution is -0.461. The Bertz CT molecular complexity index is 1680. The third kappa shape index (κ3) is 11.9. The van der Waals surface area contributed by atoms with E-state index in [1.165, 1.54) is 24.3 Å². The predicted octanol–water partition coefficient (Wildman–Crippen LogP) is 12.3. The summed E-state index contributed by atoms with van der Waals surface area (Å²) in [6.07, 6.45) is -0.781. The lowest BCUT2D eigenvalue weighted by Gasteiger charge is -2.42. The molecule has 2 aromatic rings. The molecule has 2 rings (SSSR count). The van der Waals surface area contributed by atoms with Crippen LogP contribution in [0.4, 0.5) is 74.6 Å². The van der Waals surface area contributed by atoms with Crippen LogP contribution >= 0.6 is 0 Å². The van der Waals surface area contributed by atoms with Crippen LogP contribution in [0, 0.1) is 0 Å². The van der Waals surface area contributed by atoms with E-state index in [0.29, 0.717) is 19.0 Å². The second-order valence-corrected chi connectivity index (χ2v) is 13.0. The summed E-state index contributed by atoms with van der Waals surface area (Å²) in [5, 5.41) is 0. The predicted molar refractivity (Wildman–Crippen MR) is 177 cm³/mol. The number of alkyl halides is 17. The molecule has 0 aliphatic heterocycles. The molecule has 0 bridgehead atoms. The van der Waals surface area contributed by atoms with E-state index < -0.39 is 78.3 Å². The molecular weight excluding hydrogens is 863 g/mol. The Morgan fingerprint density at radius 2 is 0.833 bits per heavy atom. The number of esters is 2. The van der Waals surface area contributed by atoms with Crippen molar-refractivity contribution in [1.82, 2.24) is 0 Å². The highest BCUT2D eigenvalue weighted by Gasteiger charge is 2.95. The number of unbranched alkanes of at least 4 members (excludes halogenated alkanes) is 8. The summed E-state index contributed by atoms with van der Waals surface area (Å²) in [6.45, 7) is 2.27. The number of rotatable bonds is 26. The van der Waals surface area contributed by atoms with Crippen LogP contribution in [-0.4, -0.2) is 79.4 Å². The highest BCUT2D eigenvalue weighted by molar-refractivity contribution is 5.91. The molecular formula is C37H37F17O6. The van der Waals surface area contributed by atoms with E-state index in [9.17, 15) is 84.2 Å². The van der Waals surface area contributed by atoms with Gasteiger partial charge in [-0.15, -0.1) is 0 Å². The van der Waals surface area contributed by atoms with Crippen LogP contribution in [-0.2, 0) is 9.53 Å². The number of halogens is 17. The van der Waals surface area contributed by atoms with Gasteiger partial charge in [-0.3, -0.25) is 0 Å². The van der Waals surface area contributed by atoms with Crippen LogP contribution in [0.1, 0.15) is 74.6 Å². The van der Waals surface area contributed by atoms with E-state index in [2.05, 4.69) is 11.3 Å². The second kappa shape index (κ2) is 20.4. The van der Waals surface area contributed by atoms with Crippen molar-refractivity contribution in [2.45, 2.75) is 112 Å². The van der Waals surface area contributed by atoms with Crippen molar-refractivity contribution in [1.29, 1.82) is 0 Å². The summed E-state index contributed by atoms with van der Waals surface area (Å²) in [4.78, 5) is 23.4. The zero-order chi connectivity index (χ0) is 45.8. The summed E-state index contributed by atoms with van der Waals surface area (Å²) >= 11 is 0. The number of ether oxygens (including phenoxy) is 4. The normalized spacial score (nSPS) is 13.5. The van der Waals surface area contributed by atoms with Crippen molar-refractivity contribution in [2.75, 3.05) is 19.8 Å². The van der Waals surface area contributed by atoms with E-state index >= 15 is 0 Å². The molecule has 0 spiro atoms. The summed E-state index contributed by atoms with van der Waals surface area (Å²) in [5.74, 6) is -58.6. The van der Waals surface area contributed by atoms with Gasteiger partial charge in [0.15, 0.2) is 0 Å². The van der Waals surface area contributed by atoms with Gasteiger partial charge in [0, 0.05) is 6.08 Å². The van der Waals surface area contributed by atoms with Gasteiger partial charge in [0.1, 0.15) is 17.2 Å². The number of benzene rings is 2. The quantitative estimate of drug-likeness (QED) is 0.0308. The second-order valence-electron chi connectivity index (χ2n) is 13.0. The van der Waals surface area contributed by atoms with Crippen LogP contribution in [0.2, 0.25) is 0 Å². The molecule has 0 atom stereocenters. The van der Waals surface area contributed by atoms with E-state index in [4.69, 9.17) is 14.2 Å². The number of carbonyl (C=O) groups excluding carboxylic acids is 2. The van der Waals surface area contributed by atoms with Crippen molar-refractivity contribution in [3.63, 3.8) is 0 Å². The highest BCUT2D eigenvalue weighted by atomic mass is 19.4. The number of carbonyl (C=O) groups is 2. The molecule has 23 heteroatoms. The monoisotopic (exact) mass is 900 g/mol. The standard InChI is InChI=1S/C37H37F17O6/c1-2-28(55)59-22-11-9-7-5-3-4-6-8-10-21-57-25-14-12-24(13-15-25)29(56)60-27-18-16-26(17-19-27)58-23-20-30(38,39)31(40,41)32(42,43)33(44,45)34(46,47)35(48,49)36(50,51)37(52,53)54/h2,12-19H,1,3-11,20-23H2. The maximum atomic E-state index is 14.1. The van der Waals surface area contributed by atoms with Crippen molar-refractivity contribution < 1.29 is 103 Å². The third-order valence-electron chi connectivity index (χ3n) is 8.56. The first kappa shape index (κ1) is 51.7. The fourth-order valence-corrected chi connectivity index (χ4v) is 4.97. The Labute approximate surface area is 331 Å². The first-order chi connectivity index (χ1) is 27.5. The number of hydrogen-bond donors (Lipinski definition) is 0. The molecule has 340 valence electrons. The SMILES string of the molecule is C=CC(=O)OCCCCCCCCCCCOc1ccc(C(=O)Oc2ccc(OCCC(F)(F)C(F)(F)C(F)(F)C(F)(F)C(F)(F)C(F)(F)C(F)(F)C(F)(F)F)cc2)cc1. The van der Waals surface area contributed by atoms with Gasteiger partial charge in [-0.25, -0.2) is 9.59 Å².